The molecule has 0 aliphatic heterocycles. The maximum absolute atomic E-state index is 5.76. The van der Waals surface area contributed by atoms with Crippen molar-refractivity contribution in [3.05, 3.63) is 24.2 Å². The Morgan fingerprint density at radius 1 is 1.44 bits per heavy atom. The molecule has 18 heavy (non-hydrogen) atoms. The summed E-state index contributed by atoms with van der Waals surface area (Å²) in [6, 6.07) is 4.44. The highest BCUT2D eigenvalue weighted by molar-refractivity contribution is 4.95. The van der Waals surface area contributed by atoms with Gasteiger partial charge in [0.05, 0.1) is 6.26 Å². The van der Waals surface area contributed by atoms with Crippen LogP contribution in [0.5, 0.6) is 0 Å². The van der Waals surface area contributed by atoms with E-state index in [0.29, 0.717) is 18.6 Å². The number of hydrogen-bond donors (Lipinski definition) is 2. The third-order valence-electron chi connectivity index (χ3n) is 3.66. The van der Waals surface area contributed by atoms with Crippen LogP contribution in [0.2, 0.25) is 0 Å². The molecule has 1 aromatic rings. The van der Waals surface area contributed by atoms with Crippen LogP contribution >= 0.6 is 0 Å². The van der Waals surface area contributed by atoms with Crippen molar-refractivity contribution in [1.82, 2.24) is 5.32 Å². The van der Waals surface area contributed by atoms with Crippen LogP contribution < -0.4 is 11.1 Å². The molecule has 1 aromatic heterocycles. The predicted octanol–water partition coefficient (Wildman–Crippen LogP) is 1.90. The van der Waals surface area contributed by atoms with Crippen molar-refractivity contribution in [3.63, 3.8) is 0 Å². The lowest BCUT2D eigenvalue weighted by Gasteiger charge is -2.19. The first kappa shape index (κ1) is 13.6. The summed E-state index contributed by atoms with van der Waals surface area (Å²) >= 11 is 0. The Kier molecular flexibility index (Phi) is 5.71. The van der Waals surface area contributed by atoms with Gasteiger partial charge in [-0.2, -0.15) is 0 Å². The van der Waals surface area contributed by atoms with Crippen LogP contribution in [-0.2, 0) is 11.3 Å². The molecular weight excluding hydrogens is 228 g/mol. The lowest BCUT2D eigenvalue weighted by Crippen LogP contribution is -2.36. The van der Waals surface area contributed by atoms with E-state index in [9.17, 15) is 0 Å². The monoisotopic (exact) mass is 252 g/mol. The first-order chi connectivity index (χ1) is 8.90. The average molecular weight is 252 g/mol. The molecule has 0 spiro atoms. The van der Waals surface area contributed by atoms with Crippen molar-refractivity contribution in [3.8, 4) is 0 Å². The molecular formula is C14H24N2O2. The molecule has 2 rings (SSSR count). The summed E-state index contributed by atoms with van der Waals surface area (Å²) in [5.74, 6) is 1.57. The molecule has 2 atom stereocenters. The highest BCUT2D eigenvalue weighted by Gasteiger charge is 2.24. The molecule has 102 valence electrons. The molecule has 0 aromatic carbocycles. The van der Waals surface area contributed by atoms with Gasteiger partial charge in [0.1, 0.15) is 12.4 Å². The second-order valence-electron chi connectivity index (χ2n) is 4.97. The third-order valence-corrected chi connectivity index (χ3v) is 3.66. The second-order valence-corrected chi connectivity index (χ2v) is 4.97. The Hall–Kier alpha value is -0.840. The predicted molar refractivity (Wildman–Crippen MR) is 71.2 cm³/mol. The SMILES string of the molecule is NCC1CCCC1NCCCOCc1ccco1. The Bertz CT molecular complexity index is 314. The van der Waals surface area contributed by atoms with Gasteiger partial charge in [0.15, 0.2) is 0 Å². The van der Waals surface area contributed by atoms with Crippen LogP contribution in [0.3, 0.4) is 0 Å². The third kappa shape index (κ3) is 4.12. The Morgan fingerprint density at radius 3 is 3.17 bits per heavy atom. The van der Waals surface area contributed by atoms with Crippen molar-refractivity contribution in [2.24, 2.45) is 11.7 Å². The highest BCUT2D eigenvalue weighted by Crippen LogP contribution is 2.24. The molecule has 3 N–H and O–H groups in total. The molecule has 0 saturated heterocycles. The zero-order chi connectivity index (χ0) is 12.6. The van der Waals surface area contributed by atoms with Crippen LogP contribution in [-0.4, -0.2) is 25.7 Å². The van der Waals surface area contributed by atoms with E-state index in [4.69, 9.17) is 14.9 Å². The number of ether oxygens (including phenoxy) is 1. The van der Waals surface area contributed by atoms with E-state index in [-0.39, 0.29) is 0 Å². The molecule has 1 fully saturated rings. The summed E-state index contributed by atoms with van der Waals surface area (Å²) in [4.78, 5) is 0. The van der Waals surface area contributed by atoms with Crippen molar-refractivity contribution in [2.75, 3.05) is 19.7 Å². The van der Waals surface area contributed by atoms with Crippen molar-refractivity contribution < 1.29 is 9.15 Å². The fourth-order valence-corrected chi connectivity index (χ4v) is 2.62. The van der Waals surface area contributed by atoms with Crippen molar-refractivity contribution in [2.45, 2.75) is 38.3 Å². The van der Waals surface area contributed by atoms with Gasteiger partial charge in [-0.3, -0.25) is 0 Å². The minimum atomic E-state index is 0.571. The smallest absolute Gasteiger partial charge is 0.129 e. The standard InChI is InChI=1S/C14H24N2O2/c15-10-12-4-1-6-14(12)16-7-3-8-17-11-13-5-2-9-18-13/h2,5,9,12,14,16H,1,3-4,6-8,10-11,15H2. The topological polar surface area (TPSA) is 60.4 Å². The van der Waals surface area contributed by atoms with Gasteiger partial charge in [-0.25, -0.2) is 0 Å². The molecule has 4 nitrogen and oxygen atoms in total. The van der Waals surface area contributed by atoms with Crippen LogP contribution in [0.1, 0.15) is 31.4 Å². The van der Waals surface area contributed by atoms with Gasteiger partial charge in [-0.05, 0) is 50.4 Å². The van der Waals surface area contributed by atoms with Crippen molar-refractivity contribution >= 4 is 0 Å². The zero-order valence-corrected chi connectivity index (χ0v) is 10.9. The van der Waals surface area contributed by atoms with E-state index in [1.54, 1.807) is 6.26 Å². The number of furan rings is 1. The summed E-state index contributed by atoms with van der Waals surface area (Å²) in [5.41, 5.74) is 5.76. The Balaban J connectivity index is 1.48. The summed E-state index contributed by atoms with van der Waals surface area (Å²) < 4.78 is 10.7. The number of rotatable bonds is 8. The Labute approximate surface area is 109 Å². The van der Waals surface area contributed by atoms with Crippen LogP contribution in [0.25, 0.3) is 0 Å². The fourth-order valence-electron chi connectivity index (χ4n) is 2.62. The van der Waals surface area contributed by atoms with Gasteiger partial charge in [0.25, 0.3) is 0 Å². The maximum Gasteiger partial charge on any atom is 0.129 e. The first-order valence-electron chi connectivity index (χ1n) is 6.93. The lowest BCUT2D eigenvalue weighted by atomic mass is 10.0. The van der Waals surface area contributed by atoms with E-state index in [1.165, 1.54) is 19.3 Å². The molecule has 0 amide bonds. The fraction of sp³-hybridized carbons (Fsp3) is 0.714. The highest BCUT2D eigenvalue weighted by atomic mass is 16.5. The van der Waals surface area contributed by atoms with Gasteiger partial charge in [-0.1, -0.05) is 6.42 Å². The number of nitrogens with two attached hydrogens (primary N) is 1. The largest absolute Gasteiger partial charge is 0.467 e. The summed E-state index contributed by atoms with van der Waals surface area (Å²) in [6.07, 6.45) is 6.58. The van der Waals surface area contributed by atoms with E-state index < -0.39 is 0 Å². The normalized spacial score (nSPS) is 23.6. The van der Waals surface area contributed by atoms with Crippen LogP contribution in [0.15, 0.2) is 22.8 Å². The first-order valence-corrected chi connectivity index (χ1v) is 6.93. The minimum absolute atomic E-state index is 0.571. The van der Waals surface area contributed by atoms with Crippen LogP contribution in [0.4, 0.5) is 0 Å². The summed E-state index contributed by atoms with van der Waals surface area (Å²) in [6.45, 7) is 3.17. The van der Waals surface area contributed by atoms with Gasteiger partial charge < -0.3 is 20.2 Å². The zero-order valence-electron chi connectivity index (χ0n) is 10.9. The van der Waals surface area contributed by atoms with E-state index in [1.807, 2.05) is 12.1 Å². The van der Waals surface area contributed by atoms with Gasteiger partial charge in [-0.15, -0.1) is 0 Å². The lowest BCUT2D eigenvalue weighted by molar-refractivity contribution is 0.103. The van der Waals surface area contributed by atoms with E-state index >= 15 is 0 Å². The van der Waals surface area contributed by atoms with Gasteiger partial charge >= 0.3 is 0 Å². The molecule has 0 radical (unpaired) electrons. The molecule has 1 heterocycles. The van der Waals surface area contributed by atoms with Crippen LogP contribution in [0, 0.1) is 5.92 Å². The quantitative estimate of drug-likeness (QED) is 0.694. The molecule has 1 saturated carbocycles. The molecule has 0 bridgehead atoms. The van der Waals surface area contributed by atoms with Gasteiger partial charge in [0.2, 0.25) is 0 Å². The summed E-state index contributed by atoms with van der Waals surface area (Å²) in [5, 5.41) is 3.59. The minimum Gasteiger partial charge on any atom is -0.467 e. The molecule has 1 aliphatic carbocycles. The summed E-state index contributed by atoms with van der Waals surface area (Å²) in [7, 11) is 0. The van der Waals surface area contributed by atoms with E-state index in [0.717, 1.165) is 31.9 Å². The number of nitrogens with one attached hydrogen (secondary N) is 1. The molecule has 4 heteroatoms. The van der Waals surface area contributed by atoms with Crippen molar-refractivity contribution in [1.29, 1.82) is 0 Å². The second kappa shape index (κ2) is 7.56. The average Bonchev–Trinajstić information content (AvgIpc) is 3.04. The Morgan fingerprint density at radius 2 is 2.39 bits per heavy atom. The maximum atomic E-state index is 5.76. The number of hydrogen-bond acceptors (Lipinski definition) is 4. The van der Waals surface area contributed by atoms with E-state index in [2.05, 4.69) is 5.32 Å². The molecule has 2 unspecified atom stereocenters. The molecule has 1 aliphatic rings. The van der Waals surface area contributed by atoms with Gasteiger partial charge in [0, 0.05) is 12.6 Å².